The SMILES string of the molecule is CCN(C(=O)C(C)CS(=O)CC1CC1(F)F)c1cn(-c2ccc[n+]([O-])c2)nc1Cl. The summed E-state index contributed by atoms with van der Waals surface area (Å²) in [5.74, 6) is -4.63. The number of halogens is 3. The quantitative estimate of drug-likeness (QED) is 0.461. The topological polar surface area (TPSA) is 82.1 Å². The Morgan fingerprint density at radius 1 is 1.59 bits per heavy atom. The molecule has 0 spiro atoms. The number of aromatic nitrogens is 3. The van der Waals surface area contributed by atoms with Crippen molar-refractivity contribution in [2.45, 2.75) is 26.2 Å². The Labute approximate surface area is 174 Å². The van der Waals surface area contributed by atoms with Gasteiger partial charge < -0.3 is 10.1 Å². The minimum absolute atomic E-state index is 0.00252. The summed E-state index contributed by atoms with van der Waals surface area (Å²) in [7, 11) is -1.51. The van der Waals surface area contributed by atoms with Crippen molar-refractivity contribution >= 4 is 34.0 Å². The Hall–Kier alpha value is -2.07. The predicted molar refractivity (Wildman–Crippen MR) is 106 cm³/mol. The minimum Gasteiger partial charge on any atom is -0.619 e. The van der Waals surface area contributed by atoms with Gasteiger partial charge in [-0.3, -0.25) is 9.00 Å². The van der Waals surface area contributed by atoms with E-state index in [1.54, 1.807) is 26.0 Å². The summed E-state index contributed by atoms with van der Waals surface area (Å²) in [6.07, 6.45) is 3.94. The zero-order valence-electron chi connectivity index (χ0n) is 15.9. The molecule has 2 aromatic rings. The molecule has 1 saturated carbocycles. The third-order valence-electron chi connectivity index (χ3n) is 4.75. The Balaban J connectivity index is 1.71. The van der Waals surface area contributed by atoms with Crippen LogP contribution in [0.4, 0.5) is 14.5 Å². The van der Waals surface area contributed by atoms with Gasteiger partial charge in [-0.2, -0.15) is 9.83 Å². The van der Waals surface area contributed by atoms with Crippen molar-refractivity contribution in [2.24, 2.45) is 11.8 Å². The van der Waals surface area contributed by atoms with Crippen LogP contribution in [0, 0.1) is 17.0 Å². The lowest BCUT2D eigenvalue weighted by Gasteiger charge is -2.23. The highest BCUT2D eigenvalue weighted by atomic mass is 35.5. The van der Waals surface area contributed by atoms with Gasteiger partial charge in [0.2, 0.25) is 12.1 Å². The highest BCUT2D eigenvalue weighted by molar-refractivity contribution is 7.85. The van der Waals surface area contributed by atoms with Crippen molar-refractivity contribution in [1.29, 1.82) is 0 Å². The maximum absolute atomic E-state index is 13.0. The zero-order valence-corrected chi connectivity index (χ0v) is 17.5. The van der Waals surface area contributed by atoms with E-state index in [4.69, 9.17) is 11.6 Å². The van der Waals surface area contributed by atoms with Crippen molar-refractivity contribution in [1.82, 2.24) is 9.78 Å². The maximum atomic E-state index is 13.0. The van der Waals surface area contributed by atoms with Crippen molar-refractivity contribution in [3.63, 3.8) is 0 Å². The van der Waals surface area contributed by atoms with Crippen LogP contribution in [0.5, 0.6) is 0 Å². The molecule has 1 aliphatic rings. The maximum Gasteiger partial charge on any atom is 0.252 e. The van der Waals surface area contributed by atoms with Gasteiger partial charge in [0.1, 0.15) is 11.4 Å². The minimum atomic E-state index is -2.72. The van der Waals surface area contributed by atoms with Crippen LogP contribution in [-0.4, -0.2) is 43.9 Å². The predicted octanol–water partition coefficient (Wildman–Crippen LogP) is 2.55. The number of hydrogen-bond acceptors (Lipinski definition) is 4. The van der Waals surface area contributed by atoms with Crippen LogP contribution in [0.15, 0.2) is 30.7 Å². The van der Waals surface area contributed by atoms with Gasteiger partial charge in [0.05, 0.1) is 6.20 Å². The largest absolute Gasteiger partial charge is 0.619 e. The van der Waals surface area contributed by atoms with E-state index < -0.39 is 28.6 Å². The second-order valence-corrected chi connectivity index (χ2v) is 8.99. The molecule has 0 bridgehead atoms. The number of carbonyl (C=O) groups is 1. The molecule has 3 rings (SSSR count). The summed E-state index contributed by atoms with van der Waals surface area (Å²) in [5.41, 5.74) is 0.825. The first-order valence-corrected chi connectivity index (χ1v) is 11.0. The molecule has 11 heteroatoms. The number of anilines is 1. The summed E-state index contributed by atoms with van der Waals surface area (Å²) >= 11 is 6.22. The molecule has 7 nitrogen and oxygen atoms in total. The summed E-state index contributed by atoms with van der Waals surface area (Å²) in [4.78, 5) is 14.3. The van der Waals surface area contributed by atoms with Crippen LogP contribution in [0.2, 0.25) is 5.15 Å². The second-order valence-electron chi connectivity index (χ2n) is 7.09. The molecular weight excluding hydrogens is 426 g/mol. The molecular formula is C18H21ClF2N4O3S. The average molecular weight is 447 g/mol. The molecule has 1 aliphatic carbocycles. The number of hydrogen-bond donors (Lipinski definition) is 0. The molecule has 29 heavy (non-hydrogen) atoms. The number of carbonyl (C=O) groups excluding carboxylic acids is 1. The monoisotopic (exact) mass is 446 g/mol. The molecule has 0 N–H and O–H groups in total. The van der Waals surface area contributed by atoms with Gasteiger partial charge in [-0.1, -0.05) is 18.5 Å². The molecule has 3 atom stereocenters. The molecule has 3 unspecified atom stereocenters. The van der Waals surface area contributed by atoms with Crippen LogP contribution in [0.3, 0.4) is 0 Å². The van der Waals surface area contributed by atoms with Gasteiger partial charge in [0.25, 0.3) is 5.92 Å². The van der Waals surface area contributed by atoms with Gasteiger partial charge >= 0.3 is 0 Å². The normalized spacial score (nSPS) is 19.6. The van der Waals surface area contributed by atoms with Crippen molar-refractivity contribution in [3.05, 3.63) is 41.1 Å². The smallest absolute Gasteiger partial charge is 0.252 e. The van der Waals surface area contributed by atoms with Crippen LogP contribution < -0.4 is 9.63 Å². The first-order chi connectivity index (χ1) is 13.6. The lowest BCUT2D eigenvalue weighted by atomic mass is 10.2. The van der Waals surface area contributed by atoms with Gasteiger partial charge in [-0.05, 0) is 13.0 Å². The van der Waals surface area contributed by atoms with E-state index in [-0.39, 0.29) is 35.5 Å². The number of pyridine rings is 1. The van der Waals surface area contributed by atoms with Gasteiger partial charge in [0.15, 0.2) is 11.3 Å². The fraction of sp³-hybridized carbons (Fsp3) is 0.500. The van der Waals surface area contributed by atoms with Crippen LogP contribution >= 0.6 is 11.6 Å². The van der Waals surface area contributed by atoms with E-state index in [0.717, 1.165) is 0 Å². The van der Waals surface area contributed by atoms with Gasteiger partial charge in [0, 0.05) is 53.2 Å². The molecule has 1 amide bonds. The van der Waals surface area contributed by atoms with Crippen LogP contribution in [-0.2, 0) is 15.6 Å². The lowest BCUT2D eigenvalue weighted by Crippen LogP contribution is -2.37. The molecule has 0 aromatic carbocycles. The zero-order chi connectivity index (χ0) is 21.3. The van der Waals surface area contributed by atoms with Crippen LogP contribution in [0.25, 0.3) is 5.69 Å². The fourth-order valence-corrected chi connectivity index (χ4v) is 4.92. The van der Waals surface area contributed by atoms with Crippen molar-refractivity contribution in [3.8, 4) is 5.69 Å². The molecule has 0 aliphatic heterocycles. The molecule has 0 radical (unpaired) electrons. The third-order valence-corrected chi connectivity index (χ3v) is 6.66. The van der Waals surface area contributed by atoms with E-state index in [1.807, 2.05) is 0 Å². The van der Waals surface area contributed by atoms with Gasteiger partial charge in [-0.15, -0.1) is 0 Å². The van der Waals surface area contributed by atoms with E-state index in [0.29, 0.717) is 16.1 Å². The summed E-state index contributed by atoms with van der Waals surface area (Å²) in [6, 6.07) is 3.22. The fourth-order valence-electron chi connectivity index (χ4n) is 3.04. The summed E-state index contributed by atoms with van der Waals surface area (Å²) < 4.78 is 40.2. The second kappa shape index (κ2) is 8.35. The molecule has 0 saturated heterocycles. The lowest BCUT2D eigenvalue weighted by molar-refractivity contribution is -0.605. The van der Waals surface area contributed by atoms with E-state index >= 15 is 0 Å². The molecule has 2 heterocycles. The first-order valence-electron chi connectivity index (χ1n) is 9.11. The molecule has 158 valence electrons. The van der Waals surface area contributed by atoms with Gasteiger partial charge in [-0.25, -0.2) is 13.5 Å². The van der Waals surface area contributed by atoms with E-state index in [1.165, 1.54) is 28.2 Å². The Morgan fingerprint density at radius 3 is 2.86 bits per heavy atom. The Kier molecular flexibility index (Phi) is 6.23. The van der Waals surface area contributed by atoms with Crippen molar-refractivity contribution in [2.75, 3.05) is 23.0 Å². The highest BCUT2D eigenvalue weighted by Gasteiger charge is 2.57. The Morgan fingerprint density at radius 2 is 2.28 bits per heavy atom. The molecule has 2 aromatic heterocycles. The van der Waals surface area contributed by atoms with E-state index in [2.05, 4.69) is 5.10 Å². The number of alkyl halides is 2. The number of rotatable bonds is 8. The number of nitrogens with zero attached hydrogens (tertiary/aromatic N) is 4. The summed E-state index contributed by atoms with van der Waals surface area (Å²) in [5, 5.41) is 15.7. The molecule has 1 fully saturated rings. The third kappa shape index (κ3) is 4.92. The Bertz CT molecular complexity index is 940. The number of amides is 1. The first kappa shape index (κ1) is 21.6. The highest BCUT2D eigenvalue weighted by Crippen LogP contribution is 2.48. The van der Waals surface area contributed by atoms with Crippen molar-refractivity contribution < 1.29 is 22.5 Å². The standard InChI is InChI=1S/C18H21ClF2N4O3S/c1-3-24(17(26)12(2)10-29(28)11-13-7-18(13,20)21)15-9-25(22-16(15)19)14-5-4-6-23(27)8-14/h4-6,8-9,12-13H,3,7,10-11H2,1-2H3. The summed E-state index contributed by atoms with van der Waals surface area (Å²) in [6.45, 7) is 3.66. The van der Waals surface area contributed by atoms with E-state index in [9.17, 15) is 23.0 Å². The average Bonchev–Trinajstić information content (AvgIpc) is 3.06. The van der Waals surface area contributed by atoms with Crippen LogP contribution in [0.1, 0.15) is 20.3 Å².